The lowest BCUT2D eigenvalue weighted by atomic mass is 9.96. The molecular weight excluding hydrogens is 532 g/mol. The fourth-order valence-corrected chi connectivity index (χ4v) is 5.64. The summed E-state index contributed by atoms with van der Waals surface area (Å²) in [7, 11) is 0. The number of aromatic nitrogens is 1. The fourth-order valence-electron chi connectivity index (χ4n) is 4.61. The lowest BCUT2D eigenvalue weighted by Gasteiger charge is -2.24. The van der Waals surface area contributed by atoms with Gasteiger partial charge in [0.1, 0.15) is 17.3 Å². The molecule has 0 saturated carbocycles. The van der Waals surface area contributed by atoms with E-state index in [-0.39, 0.29) is 23.3 Å². The number of fused-ring (bicyclic) bond motifs is 1. The van der Waals surface area contributed by atoms with Crippen LogP contribution < -0.4 is 19.6 Å². The van der Waals surface area contributed by atoms with Crippen LogP contribution in [0.15, 0.2) is 86.1 Å². The SMILES string of the molecule is CCOC(=O)C1=C(C)N=c2s/c(=C/c3ccc(-c4ccccc4C(=O)O)o3)c(=O)n2[C@H]1c1ccc(OCC)cc1. The molecule has 0 aliphatic carbocycles. The lowest BCUT2D eigenvalue weighted by Crippen LogP contribution is -2.39. The number of esters is 1. The van der Waals surface area contributed by atoms with Crippen LogP contribution in [0.3, 0.4) is 0 Å². The second-order valence-corrected chi connectivity index (χ2v) is 9.87. The van der Waals surface area contributed by atoms with Gasteiger partial charge in [-0.2, -0.15) is 0 Å². The first kappa shape index (κ1) is 26.9. The number of carbonyl (C=O) groups is 2. The summed E-state index contributed by atoms with van der Waals surface area (Å²) < 4.78 is 18.7. The van der Waals surface area contributed by atoms with Gasteiger partial charge in [0.2, 0.25) is 0 Å². The van der Waals surface area contributed by atoms with Crippen LogP contribution in [0.25, 0.3) is 17.4 Å². The number of carboxylic acids is 1. The summed E-state index contributed by atoms with van der Waals surface area (Å²) in [5, 5.41) is 9.53. The number of hydrogen-bond donors (Lipinski definition) is 1. The molecule has 0 spiro atoms. The maximum absolute atomic E-state index is 13.8. The van der Waals surface area contributed by atoms with Gasteiger partial charge in [-0.15, -0.1) is 0 Å². The summed E-state index contributed by atoms with van der Waals surface area (Å²) in [6.07, 6.45) is 1.59. The van der Waals surface area contributed by atoms with Gasteiger partial charge in [0.15, 0.2) is 4.80 Å². The number of nitrogens with zero attached hydrogens (tertiary/aromatic N) is 2. The Bertz CT molecular complexity index is 1810. The van der Waals surface area contributed by atoms with E-state index < -0.39 is 18.0 Å². The molecule has 40 heavy (non-hydrogen) atoms. The van der Waals surface area contributed by atoms with E-state index in [9.17, 15) is 19.5 Å². The van der Waals surface area contributed by atoms with Gasteiger partial charge >= 0.3 is 11.9 Å². The first-order valence-corrected chi connectivity index (χ1v) is 13.5. The summed E-state index contributed by atoms with van der Waals surface area (Å²) in [5.41, 5.74) is 1.66. The van der Waals surface area contributed by atoms with Crippen LogP contribution in [-0.4, -0.2) is 34.8 Å². The van der Waals surface area contributed by atoms with Crippen molar-refractivity contribution in [3.63, 3.8) is 0 Å². The predicted octanol–water partition coefficient (Wildman–Crippen LogP) is 4.16. The van der Waals surface area contributed by atoms with Gasteiger partial charge in [-0.25, -0.2) is 14.6 Å². The van der Waals surface area contributed by atoms with Crippen LogP contribution in [-0.2, 0) is 9.53 Å². The van der Waals surface area contributed by atoms with Crippen molar-refractivity contribution < 1.29 is 28.6 Å². The highest BCUT2D eigenvalue weighted by molar-refractivity contribution is 7.07. The Morgan fingerprint density at radius 2 is 1.82 bits per heavy atom. The van der Waals surface area contributed by atoms with E-state index in [1.165, 1.54) is 22.0 Å². The number of aromatic carboxylic acids is 1. The van der Waals surface area contributed by atoms with Crippen LogP contribution in [0.1, 0.15) is 48.5 Å². The maximum atomic E-state index is 13.8. The van der Waals surface area contributed by atoms with E-state index in [2.05, 4.69) is 4.99 Å². The Morgan fingerprint density at radius 3 is 2.52 bits per heavy atom. The molecule has 1 aliphatic rings. The Hall–Kier alpha value is -4.70. The third-order valence-corrected chi connectivity index (χ3v) is 7.33. The van der Waals surface area contributed by atoms with E-state index in [1.54, 1.807) is 62.4 Å². The average molecular weight is 559 g/mol. The normalized spacial score (nSPS) is 15.0. The zero-order valence-electron chi connectivity index (χ0n) is 22.0. The summed E-state index contributed by atoms with van der Waals surface area (Å²) in [6.45, 7) is 6.04. The molecular formula is C30H26N2O7S. The number of hydrogen-bond acceptors (Lipinski definition) is 8. The van der Waals surface area contributed by atoms with Crippen molar-refractivity contribution in [3.05, 3.63) is 109 Å². The highest BCUT2D eigenvalue weighted by atomic mass is 32.1. The summed E-state index contributed by atoms with van der Waals surface area (Å²) in [4.78, 5) is 43.5. The number of ether oxygens (including phenoxy) is 2. The monoisotopic (exact) mass is 558 g/mol. The van der Waals surface area contributed by atoms with Crippen LogP contribution in [0, 0.1) is 0 Å². The van der Waals surface area contributed by atoms with Crippen molar-refractivity contribution in [1.82, 2.24) is 4.57 Å². The molecule has 0 bridgehead atoms. The number of allylic oxidation sites excluding steroid dienone is 1. The molecule has 0 fully saturated rings. The molecule has 0 radical (unpaired) electrons. The van der Waals surface area contributed by atoms with Crippen molar-refractivity contribution >= 4 is 29.4 Å². The first-order valence-electron chi connectivity index (χ1n) is 12.7. The van der Waals surface area contributed by atoms with E-state index >= 15 is 0 Å². The molecule has 4 aromatic rings. The average Bonchev–Trinajstić information content (AvgIpc) is 3.53. The third kappa shape index (κ3) is 5.01. The van der Waals surface area contributed by atoms with E-state index in [4.69, 9.17) is 13.9 Å². The molecule has 0 amide bonds. The number of carboxylic acid groups (broad SMARTS) is 1. The Morgan fingerprint density at radius 1 is 1.07 bits per heavy atom. The minimum absolute atomic E-state index is 0.111. The molecule has 204 valence electrons. The van der Waals surface area contributed by atoms with Crippen molar-refractivity contribution in [3.8, 4) is 17.1 Å². The minimum atomic E-state index is -1.07. The van der Waals surface area contributed by atoms with Gasteiger partial charge in [0.05, 0.1) is 40.6 Å². The Labute approximate surface area is 232 Å². The van der Waals surface area contributed by atoms with Crippen molar-refractivity contribution in [1.29, 1.82) is 0 Å². The van der Waals surface area contributed by atoms with Crippen molar-refractivity contribution in [2.45, 2.75) is 26.8 Å². The predicted molar refractivity (Wildman–Crippen MR) is 149 cm³/mol. The lowest BCUT2D eigenvalue weighted by molar-refractivity contribution is -0.139. The van der Waals surface area contributed by atoms with Crippen molar-refractivity contribution in [2.24, 2.45) is 4.99 Å². The smallest absolute Gasteiger partial charge is 0.338 e. The molecule has 2 aromatic heterocycles. The highest BCUT2D eigenvalue weighted by Crippen LogP contribution is 2.32. The number of thiazole rings is 1. The fraction of sp³-hybridized carbons (Fsp3) is 0.200. The topological polar surface area (TPSA) is 120 Å². The summed E-state index contributed by atoms with van der Waals surface area (Å²) >= 11 is 1.17. The molecule has 1 aliphatic heterocycles. The van der Waals surface area contributed by atoms with E-state index in [0.717, 1.165) is 0 Å². The standard InChI is InChI=1S/C30H26N2O7S/c1-4-37-19-12-10-18(11-13-19)26-25(29(36)38-5-2)17(3)31-30-32(26)27(33)24(40-30)16-20-14-15-23(39-20)21-8-6-7-9-22(21)28(34)35/h6-16,26H,4-5H2,1-3H3,(H,34,35)/b24-16+/t26-/m0/s1. The van der Waals surface area contributed by atoms with Gasteiger partial charge < -0.3 is 19.0 Å². The zero-order valence-corrected chi connectivity index (χ0v) is 22.9. The maximum Gasteiger partial charge on any atom is 0.338 e. The second-order valence-electron chi connectivity index (χ2n) is 8.86. The Balaban J connectivity index is 1.62. The first-order chi connectivity index (χ1) is 19.3. The van der Waals surface area contributed by atoms with Gasteiger partial charge in [-0.3, -0.25) is 9.36 Å². The van der Waals surface area contributed by atoms with Gasteiger partial charge in [0.25, 0.3) is 5.56 Å². The largest absolute Gasteiger partial charge is 0.494 e. The summed E-state index contributed by atoms with van der Waals surface area (Å²) in [5.74, 6) is -0.187. The van der Waals surface area contributed by atoms with Crippen LogP contribution in [0.2, 0.25) is 0 Å². The quantitative estimate of drug-likeness (QED) is 0.323. The Kier molecular flexibility index (Phi) is 7.52. The zero-order chi connectivity index (χ0) is 28.4. The van der Waals surface area contributed by atoms with Crippen LogP contribution in [0.4, 0.5) is 0 Å². The van der Waals surface area contributed by atoms with Crippen molar-refractivity contribution in [2.75, 3.05) is 13.2 Å². The highest BCUT2D eigenvalue weighted by Gasteiger charge is 2.33. The molecule has 1 N–H and O–H groups in total. The second kappa shape index (κ2) is 11.2. The minimum Gasteiger partial charge on any atom is -0.494 e. The number of rotatable bonds is 8. The van der Waals surface area contributed by atoms with Gasteiger partial charge in [-0.1, -0.05) is 41.7 Å². The molecule has 0 saturated heterocycles. The third-order valence-electron chi connectivity index (χ3n) is 6.35. The van der Waals surface area contributed by atoms with Gasteiger partial charge in [-0.05, 0) is 56.7 Å². The van der Waals surface area contributed by atoms with Crippen LogP contribution >= 0.6 is 11.3 Å². The molecule has 2 aromatic carbocycles. The molecule has 5 rings (SSSR count). The number of furan rings is 1. The molecule has 10 heteroatoms. The molecule has 9 nitrogen and oxygen atoms in total. The van der Waals surface area contributed by atoms with Gasteiger partial charge in [0, 0.05) is 11.6 Å². The number of carbonyl (C=O) groups excluding carboxylic acids is 1. The van der Waals surface area contributed by atoms with E-state index in [1.807, 2.05) is 19.1 Å². The molecule has 3 heterocycles. The summed E-state index contributed by atoms with van der Waals surface area (Å²) in [6, 6.07) is 16.4. The van der Waals surface area contributed by atoms with E-state index in [0.29, 0.717) is 50.0 Å². The molecule has 0 unspecified atom stereocenters. The molecule has 1 atom stereocenters. The van der Waals surface area contributed by atoms with Crippen LogP contribution in [0.5, 0.6) is 5.75 Å². The number of benzene rings is 2.